The molecule has 3 heteroatoms. The number of hydrogen-bond donors (Lipinski definition) is 1. The third-order valence-electron chi connectivity index (χ3n) is 4.40. The molecule has 0 fully saturated rings. The molecule has 3 aromatic carbocycles. The zero-order chi connectivity index (χ0) is 18.4. The summed E-state index contributed by atoms with van der Waals surface area (Å²) in [7, 11) is -2.01. The van der Waals surface area contributed by atoms with Gasteiger partial charge in [-0.25, -0.2) is 0 Å². The molecule has 0 unspecified atom stereocenters. The summed E-state index contributed by atoms with van der Waals surface area (Å²) in [5.74, 6) is -0.0187. The number of rotatable bonds is 6. The monoisotopic (exact) mass is 360 g/mol. The van der Waals surface area contributed by atoms with E-state index in [1.165, 1.54) is 15.9 Å². The molecule has 130 valence electrons. The van der Waals surface area contributed by atoms with Gasteiger partial charge in [0, 0.05) is 6.08 Å². The fourth-order valence-electron chi connectivity index (χ4n) is 3.35. The number of carbonyl (C=O) groups is 1. The van der Waals surface area contributed by atoms with Crippen molar-refractivity contribution in [3.05, 3.63) is 103 Å². The van der Waals surface area contributed by atoms with Crippen LogP contribution in [0.1, 0.15) is 6.92 Å². The van der Waals surface area contributed by atoms with E-state index in [-0.39, 0.29) is 5.78 Å². The third-order valence-corrected chi connectivity index (χ3v) is 8.78. The molecule has 3 rings (SSSR count). The molecule has 0 saturated carbocycles. The van der Waals surface area contributed by atoms with Gasteiger partial charge in [0.05, 0.1) is 5.70 Å². The summed E-state index contributed by atoms with van der Waals surface area (Å²) in [5.41, 5.74) is 6.97. The normalized spacial score (nSPS) is 12.0. The van der Waals surface area contributed by atoms with E-state index in [1.54, 1.807) is 13.0 Å². The van der Waals surface area contributed by atoms with E-state index in [1.807, 2.05) is 18.2 Å². The van der Waals surface area contributed by atoms with Crippen LogP contribution in [0.5, 0.6) is 0 Å². The van der Waals surface area contributed by atoms with Crippen molar-refractivity contribution in [2.45, 2.75) is 6.92 Å². The Hall–Kier alpha value is -2.70. The van der Waals surface area contributed by atoms with Crippen LogP contribution in [-0.4, -0.2) is 11.9 Å². The maximum Gasteiger partial charge on any atom is 0.154 e. The molecule has 0 heterocycles. The van der Waals surface area contributed by atoms with E-state index in [2.05, 4.69) is 72.8 Å². The molecular weight excluding hydrogens is 337 g/mol. The van der Waals surface area contributed by atoms with Gasteiger partial charge in [0.1, 0.15) is 29.3 Å². The molecule has 0 radical (unpaired) electrons. The van der Waals surface area contributed by atoms with Crippen molar-refractivity contribution < 1.29 is 4.79 Å². The summed E-state index contributed by atoms with van der Waals surface area (Å²) in [5, 5.41) is 3.78. The van der Waals surface area contributed by atoms with Crippen molar-refractivity contribution in [1.29, 1.82) is 0 Å². The van der Waals surface area contributed by atoms with Crippen LogP contribution in [0.15, 0.2) is 103 Å². The van der Waals surface area contributed by atoms with Crippen LogP contribution in [-0.2, 0) is 4.79 Å². The molecule has 0 saturated heterocycles. The maximum absolute atomic E-state index is 11.6. The number of ketones is 1. The highest BCUT2D eigenvalue weighted by Gasteiger charge is 2.45. The number of nitrogens with two attached hydrogens (primary N) is 1. The first kappa shape index (κ1) is 18.1. The van der Waals surface area contributed by atoms with E-state index < -0.39 is 7.26 Å². The average Bonchev–Trinajstić information content (AvgIpc) is 2.67. The Balaban J connectivity index is 2.30. The van der Waals surface area contributed by atoms with Crippen LogP contribution in [0.3, 0.4) is 0 Å². The van der Waals surface area contributed by atoms with Crippen molar-refractivity contribution in [2.24, 2.45) is 5.73 Å². The Morgan fingerprint density at radius 1 is 0.769 bits per heavy atom. The quantitative estimate of drug-likeness (QED) is 0.541. The average molecular weight is 360 g/mol. The number of hydrogen-bond acceptors (Lipinski definition) is 2. The Kier molecular flexibility index (Phi) is 5.65. The summed E-state index contributed by atoms with van der Waals surface area (Å²) in [6.45, 7) is 1.54. The summed E-state index contributed by atoms with van der Waals surface area (Å²) < 4.78 is 0. The Morgan fingerprint density at radius 2 is 1.12 bits per heavy atom. The van der Waals surface area contributed by atoms with E-state index in [0.717, 1.165) is 0 Å². The highest BCUT2D eigenvalue weighted by Crippen LogP contribution is 2.55. The van der Waals surface area contributed by atoms with Gasteiger partial charge >= 0.3 is 0 Å². The lowest BCUT2D eigenvalue weighted by atomic mass is 10.3. The summed E-state index contributed by atoms with van der Waals surface area (Å²) in [6.07, 6.45) is 2.20. The van der Waals surface area contributed by atoms with Crippen LogP contribution in [0.25, 0.3) is 0 Å². The van der Waals surface area contributed by atoms with Crippen LogP contribution < -0.4 is 21.6 Å². The van der Waals surface area contributed by atoms with Crippen LogP contribution in [0.2, 0.25) is 0 Å². The van der Waals surface area contributed by atoms with Crippen molar-refractivity contribution in [3.8, 4) is 0 Å². The predicted molar refractivity (Wildman–Crippen MR) is 113 cm³/mol. The van der Waals surface area contributed by atoms with Gasteiger partial charge in [-0.05, 0) is 43.3 Å². The Morgan fingerprint density at radius 3 is 1.42 bits per heavy atom. The second kappa shape index (κ2) is 8.12. The largest absolute Gasteiger partial charge is 0.399 e. The lowest BCUT2D eigenvalue weighted by Crippen LogP contribution is -2.35. The number of allylic oxidation sites excluding steroid dienone is 2. The zero-order valence-corrected chi connectivity index (χ0v) is 15.8. The molecule has 0 aliphatic heterocycles. The fraction of sp³-hybridized carbons (Fsp3) is 0.0870. The second-order valence-electron chi connectivity index (χ2n) is 6.30. The van der Waals surface area contributed by atoms with Crippen molar-refractivity contribution in [1.82, 2.24) is 0 Å². The minimum atomic E-state index is -2.01. The van der Waals surface area contributed by atoms with E-state index >= 15 is 0 Å². The molecule has 26 heavy (non-hydrogen) atoms. The summed E-state index contributed by atoms with van der Waals surface area (Å²) in [4.78, 5) is 11.6. The van der Waals surface area contributed by atoms with E-state index in [0.29, 0.717) is 11.9 Å². The molecule has 3 aromatic rings. The summed E-state index contributed by atoms with van der Waals surface area (Å²) >= 11 is 0. The lowest BCUT2D eigenvalue weighted by Gasteiger charge is -2.27. The van der Waals surface area contributed by atoms with Gasteiger partial charge in [-0.3, -0.25) is 4.79 Å². The minimum Gasteiger partial charge on any atom is -0.399 e. The summed E-state index contributed by atoms with van der Waals surface area (Å²) in [6, 6.07) is 31.6. The fourth-order valence-corrected chi connectivity index (χ4v) is 7.47. The first-order valence-corrected chi connectivity index (χ1v) is 10.6. The Bertz CT molecular complexity index is 793. The minimum absolute atomic E-state index is 0.0187. The Labute approximate surface area is 155 Å². The first-order chi connectivity index (χ1) is 12.6. The van der Waals surface area contributed by atoms with Gasteiger partial charge in [-0.1, -0.05) is 54.6 Å². The SMILES string of the molecule is CC(=O)/C=C(\N)C[P+](c1ccccc1)(c1ccccc1)c1ccccc1. The topological polar surface area (TPSA) is 43.1 Å². The standard InChI is InChI=1S/C23H22NOP/c1-19(25)17-20(24)18-26(21-11-5-2-6-12-21,22-13-7-3-8-14-22)23-15-9-4-10-16-23/h2-17H,18H2,1H3,(H-,24,25)/p+1. The number of benzene rings is 3. The van der Waals surface area contributed by atoms with E-state index in [9.17, 15) is 4.79 Å². The van der Waals surface area contributed by atoms with Crippen molar-refractivity contribution >= 4 is 29.0 Å². The molecular formula is C23H23NOP+. The van der Waals surface area contributed by atoms with Gasteiger partial charge in [0.2, 0.25) is 0 Å². The van der Waals surface area contributed by atoms with Gasteiger partial charge in [-0.15, -0.1) is 0 Å². The van der Waals surface area contributed by atoms with Crippen LogP contribution in [0.4, 0.5) is 0 Å². The molecule has 2 nitrogen and oxygen atoms in total. The van der Waals surface area contributed by atoms with Gasteiger partial charge in [0.25, 0.3) is 0 Å². The molecule has 0 bridgehead atoms. The first-order valence-electron chi connectivity index (χ1n) is 8.64. The molecule has 0 aromatic heterocycles. The molecule has 0 amide bonds. The molecule has 0 atom stereocenters. The maximum atomic E-state index is 11.6. The van der Waals surface area contributed by atoms with Gasteiger partial charge in [-0.2, -0.15) is 0 Å². The predicted octanol–water partition coefficient (Wildman–Crippen LogP) is 3.41. The second-order valence-corrected chi connectivity index (χ2v) is 9.79. The van der Waals surface area contributed by atoms with E-state index in [4.69, 9.17) is 5.73 Å². The van der Waals surface area contributed by atoms with Crippen molar-refractivity contribution in [2.75, 3.05) is 6.16 Å². The molecule has 0 spiro atoms. The lowest BCUT2D eigenvalue weighted by molar-refractivity contribution is -0.112. The smallest absolute Gasteiger partial charge is 0.154 e. The molecule has 0 aliphatic carbocycles. The number of carbonyl (C=O) groups excluding carboxylic acids is 1. The molecule has 2 N–H and O–H groups in total. The highest BCUT2D eigenvalue weighted by atomic mass is 31.2. The third kappa shape index (κ3) is 3.76. The van der Waals surface area contributed by atoms with Gasteiger partial charge < -0.3 is 5.73 Å². The highest BCUT2D eigenvalue weighted by molar-refractivity contribution is 7.95. The van der Waals surface area contributed by atoms with Crippen molar-refractivity contribution in [3.63, 3.8) is 0 Å². The van der Waals surface area contributed by atoms with Crippen LogP contribution >= 0.6 is 7.26 Å². The molecule has 0 aliphatic rings. The van der Waals surface area contributed by atoms with Crippen LogP contribution in [0, 0.1) is 0 Å². The zero-order valence-electron chi connectivity index (χ0n) is 14.9. The van der Waals surface area contributed by atoms with Gasteiger partial charge in [0.15, 0.2) is 5.78 Å².